The number of ether oxygens (including phenoxy) is 1. The average molecular weight is 416 g/mol. The van der Waals surface area contributed by atoms with Crippen molar-refractivity contribution in [2.75, 3.05) is 11.0 Å². The third kappa shape index (κ3) is 3.04. The van der Waals surface area contributed by atoms with Gasteiger partial charge in [0.05, 0.1) is 18.3 Å². The molecule has 0 saturated carbocycles. The summed E-state index contributed by atoms with van der Waals surface area (Å²) in [6.45, 7) is -0.612. The lowest BCUT2D eigenvalue weighted by Gasteiger charge is -2.17. The maximum absolute atomic E-state index is 14.0. The Kier molecular flexibility index (Phi) is 5.14. The van der Waals surface area contributed by atoms with Gasteiger partial charge in [0.2, 0.25) is 0 Å². The molecule has 118 valence electrons. The Morgan fingerprint density at radius 1 is 1.52 bits per heavy atom. The first-order valence-corrected chi connectivity index (χ1v) is 7.61. The van der Waals surface area contributed by atoms with Crippen molar-refractivity contribution >= 4 is 22.6 Å². The minimum absolute atomic E-state index is 0.110. The fourth-order valence-corrected chi connectivity index (χ4v) is 2.56. The number of alkyl halides is 2. The number of halogens is 2. The molecule has 0 radical (unpaired) electrons. The Bertz CT molecular complexity index is 619. The minimum Gasteiger partial charge on any atom is -0.394 e. The third-order valence-electron chi connectivity index (χ3n) is 3.25. The molecule has 4 N–H and O–H groups in total. The van der Waals surface area contributed by atoms with Gasteiger partial charge in [0, 0.05) is 10.6 Å². The molecule has 2 unspecified atom stereocenters. The number of nitrogens with zero attached hydrogens (tertiary/aromatic N) is 1. The van der Waals surface area contributed by atoms with Gasteiger partial charge in [0.25, 0.3) is 5.56 Å². The van der Waals surface area contributed by atoms with E-state index in [0.29, 0.717) is 0 Å². The number of rotatable bonds is 4. The van der Waals surface area contributed by atoms with E-state index in [-0.39, 0.29) is 9.99 Å². The highest BCUT2D eigenvalue weighted by Crippen LogP contribution is 2.30. The van der Waals surface area contributed by atoms with E-state index in [1.54, 1.807) is 0 Å². The SMILES string of the molecule is O=c1[nH]c(=O)n([C@@H]2O[C@H](CO)[C@@H](O)C2F)cc1C(O)CI. The van der Waals surface area contributed by atoms with Crippen LogP contribution in [0.15, 0.2) is 15.8 Å². The number of nitrogens with one attached hydrogen (secondary N) is 1. The van der Waals surface area contributed by atoms with Crippen molar-refractivity contribution in [3.63, 3.8) is 0 Å². The van der Waals surface area contributed by atoms with E-state index in [9.17, 15) is 24.2 Å². The van der Waals surface area contributed by atoms with Crippen molar-refractivity contribution in [3.05, 3.63) is 32.6 Å². The summed E-state index contributed by atoms with van der Waals surface area (Å²) in [5.74, 6) is 0. The van der Waals surface area contributed by atoms with Gasteiger partial charge in [-0.25, -0.2) is 9.18 Å². The fraction of sp³-hybridized carbons (Fsp3) is 0.636. The molecule has 0 aromatic carbocycles. The molecule has 1 aliphatic rings. The Labute approximate surface area is 131 Å². The topological polar surface area (TPSA) is 125 Å². The zero-order valence-corrected chi connectivity index (χ0v) is 12.8. The molecule has 2 rings (SSSR count). The molecule has 8 nitrogen and oxygen atoms in total. The van der Waals surface area contributed by atoms with E-state index in [2.05, 4.69) is 0 Å². The highest BCUT2D eigenvalue weighted by Gasteiger charge is 2.45. The van der Waals surface area contributed by atoms with E-state index in [1.807, 2.05) is 27.6 Å². The second-order valence-electron chi connectivity index (χ2n) is 4.60. The largest absolute Gasteiger partial charge is 0.394 e. The molecule has 1 saturated heterocycles. The third-order valence-corrected chi connectivity index (χ3v) is 4.08. The van der Waals surface area contributed by atoms with Crippen LogP contribution in [0.3, 0.4) is 0 Å². The monoisotopic (exact) mass is 416 g/mol. The quantitative estimate of drug-likeness (QED) is 0.354. The number of aromatic amines is 1. The second kappa shape index (κ2) is 6.52. The van der Waals surface area contributed by atoms with Gasteiger partial charge in [-0.15, -0.1) is 0 Å². The molecule has 0 amide bonds. The van der Waals surface area contributed by atoms with E-state index in [4.69, 9.17) is 9.84 Å². The molecule has 21 heavy (non-hydrogen) atoms. The molecule has 0 spiro atoms. The predicted molar refractivity (Wildman–Crippen MR) is 77.1 cm³/mol. The number of aliphatic hydroxyl groups excluding tert-OH is 3. The summed E-state index contributed by atoms with van der Waals surface area (Å²) >= 11 is 1.85. The van der Waals surface area contributed by atoms with Crippen LogP contribution in [-0.2, 0) is 4.74 Å². The van der Waals surface area contributed by atoms with Crippen molar-refractivity contribution in [1.82, 2.24) is 9.55 Å². The molecule has 1 aliphatic heterocycles. The first kappa shape index (κ1) is 16.5. The van der Waals surface area contributed by atoms with Crippen LogP contribution in [0.5, 0.6) is 0 Å². The van der Waals surface area contributed by atoms with Crippen LogP contribution in [0, 0.1) is 0 Å². The van der Waals surface area contributed by atoms with E-state index >= 15 is 0 Å². The van der Waals surface area contributed by atoms with Gasteiger partial charge in [0.1, 0.15) is 12.2 Å². The summed E-state index contributed by atoms with van der Waals surface area (Å²) in [7, 11) is 0. The van der Waals surface area contributed by atoms with E-state index in [0.717, 1.165) is 10.8 Å². The van der Waals surface area contributed by atoms with Crippen molar-refractivity contribution in [2.24, 2.45) is 0 Å². The standard InChI is InChI=1S/C11H14FIN2O6/c12-7-8(18)6(3-16)21-10(7)15-2-4(5(17)1-13)9(19)14-11(15)20/h2,5-8,10,16-18H,1,3H2,(H,14,19,20)/t5?,6-,7?,8-,10-/m1/s1. The number of aromatic nitrogens is 2. The van der Waals surface area contributed by atoms with Crippen LogP contribution >= 0.6 is 22.6 Å². The normalized spacial score (nSPS) is 30.5. The van der Waals surface area contributed by atoms with Gasteiger partial charge < -0.3 is 20.1 Å². The first-order valence-electron chi connectivity index (χ1n) is 6.08. The van der Waals surface area contributed by atoms with Crippen molar-refractivity contribution in [2.45, 2.75) is 30.7 Å². The fourth-order valence-electron chi connectivity index (χ4n) is 2.09. The lowest BCUT2D eigenvalue weighted by atomic mass is 10.1. The molecule has 2 heterocycles. The average Bonchev–Trinajstić information content (AvgIpc) is 2.74. The Balaban J connectivity index is 2.45. The lowest BCUT2D eigenvalue weighted by Crippen LogP contribution is -2.38. The molecular formula is C11H14FIN2O6. The Morgan fingerprint density at radius 3 is 2.71 bits per heavy atom. The highest BCUT2D eigenvalue weighted by molar-refractivity contribution is 14.1. The zero-order valence-electron chi connectivity index (χ0n) is 10.6. The number of aliphatic hydroxyl groups is 3. The highest BCUT2D eigenvalue weighted by atomic mass is 127. The van der Waals surface area contributed by atoms with Gasteiger partial charge in [-0.2, -0.15) is 0 Å². The van der Waals surface area contributed by atoms with Crippen LogP contribution < -0.4 is 11.2 Å². The molecular weight excluding hydrogens is 402 g/mol. The summed E-state index contributed by atoms with van der Waals surface area (Å²) in [6.07, 6.45) is -6.30. The van der Waals surface area contributed by atoms with Crippen LogP contribution in [0.1, 0.15) is 17.9 Å². The number of H-pyrrole nitrogens is 1. The maximum atomic E-state index is 14.0. The number of hydrogen-bond donors (Lipinski definition) is 4. The summed E-state index contributed by atoms with van der Waals surface area (Å²) in [6, 6.07) is 0. The van der Waals surface area contributed by atoms with Crippen molar-refractivity contribution in [1.29, 1.82) is 0 Å². The summed E-state index contributed by atoms with van der Waals surface area (Å²) in [5, 5.41) is 28.3. The van der Waals surface area contributed by atoms with Crippen LogP contribution in [0.2, 0.25) is 0 Å². The summed E-state index contributed by atoms with van der Waals surface area (Å²) < 4.78 is 20.1. The van der Waals surface area contributed by atoms with E-state index in [1.165, 1.54) is 0 Å². The van der Waals surface area contributed by atoms with Gasteiger partial charge in [0.15, 0.2) is 12.4 Å². The molecule has 1 aromatic heterocycles. The smallest absolute Gasteiger partial charge is 0.330 e. The van der Waals surface area contributed by atoms with Crippen LogP contribution in [0.4, 0.5) is 4.39 Å². The van der Waals surface area contributed by atoms with Gasteiger partial charge in [-0.3, -0.25) is 14.3 Å². The molecule has 0 aliphatic carbocycles. The predicted octanol–water partition coefficient (Wildman–Crippen LogP) is -1.41. The summed E-state index contributed by atoms with van der Waals surface area (Å²) in [5.41, 5.74) is -1.81. The van der Waals surface area contributed by atoms with Gasteiger partial charge in [-0.05, 0) is 0 Å². The van der Waals surface area contributed by atoms with Crippen LogP contribution in [-0.4, -0.2) is 54.3 Å². The van der Waals surface area contributed by atoms with Gasteiger partial charge >= 0.3 is 5.69 Å². The van der Waals surface area contributed by atoms with Crippen LogP contribution in [0.25, 0.3) is 0 Å². The summed E-state index contributed by atoms with van der Waals surface area (Å²) in [4.78, 5) is 25.4. The van der Waals surface area contributed by atoms with Crippen molar-refractivity contribution < 1.29 is 24.4 Å². The molecule has 0 bridgehead atoms. The van der Waals surface area contributed by atoms with E-state index < -0.39 is 48.6 Å². The molecule has 10 heteroatoms. The Hall–Kier alpha value is -0.820. The zero-order chi connectivity index (χ0) is 15.7. The minimum atomic E-state index is -1.95. The molecule has 1 aromatic rings. The second-order valence-corrected chi connectivity index (χ2v) is 5.48. The van der Waals surface area contributed by atoms with Crippen molar-refractivity contribution in [3.8, 4) is 0 Å². The maximum Gasteiger partial charge on any atom is 0.330 e. The van der Waals surface area contributed by atoms with Gasteiger partial charge in [-0.1, -0.05) is 22.6 Å². The molecule has 5 atom stereocenters. The number of hydrogen-bond acceptors (Lipinski definition) is 6. The first-order chi connectivity index (χ1) is 9.90. The molecule has 1 fully saturated rings. The Morgan fingerprint density at radius 2 is 2.19 bits per heavy atom. The lowest BCUT2D eigenvalue weighted by molar-refractivity contribution is -0.0494.